The lowest BCUT2D eigenvalue weighted by Crippen LogP contribution is -1.95. The number of nitrogens with two attached hydrogens (primary N) is 1. The van der Waals surface area contributed by atoms with Crippen molar-refractivity contribution >= 4 is 44.2 Å². The number of nitrogens with zero attached hydrogens (tertiary/aromatic N) is 1. The summed E-state index contributed by atoms with van der Waals surface area (Å²) in [6, 6.07) is 4.51. The molecule has 0 saturated carbocycles. The van der Waals surface area contributed by atoms with Crippen LogP contribution in [0.2, 0.25) is 0 Å². The third-order valence-corrected chi connectivity index (χ3v) is 3.22. The molecule has 1 aromatic heterocycles. The van der Waals surface area contributed by atoms with Crippen LogP contribution < -0.4 is 10.5 Å². The quantitative estimate of drug-likeness (QED) is 0.604. The van der Waals surface area contributed by atoms with E-state index in [9.17, 15) is 4.39 Å². The summed E-state index contributed by atoms with van der Waals surface area (Å²) >= 11 is 5.14. The Morgan fingerprint density at radius 1 is 1.29 bits per heavy atom. The summed E-state index contributed by atoms with van der Waals surface area (Å²) in [5.74, 6) is 0.409. The van der Waals surface area contributed by atoms with Crippen LogP contribution in [0.5, 0.6) is 11.5 Å². The molecule has 0 atom stereocenters. The van der Waals surface area contributed by atoms with Gasteiger partial charge in [-0.25, -0.2) is 4.39 Å². The summed E-state index contributed by atoms with van der Waals surface area (Å²) in [4.78, 5) is 3.94. The van der Waals surface area contributed by atoms with E-state index in [0.29, 0.717) is 15.0 Å². The molecule has 2 N–H and O–H groups in total. The highest BCUT2D eigenvalue weighted by Gasteiger charge is 2.08. The zero-order valence-electron chi connectivity index (χ0n) is 8.45. The average molecular weight is 409 g/mol. The van der Waals surface area contributed by atoms with E-state index in [1.165, 1.54) is 18.3 Å². The van der Waals surface area contributed by atoms with Crippen LogP contribution >= 0.6 is 38.5 Å². The fourth-order valence-electron chi connectivity index (χ4n) is 1.21. The molecule has 88 valence electrons. The van der Waals surface area contributed by atoms with Crippen LogP contribution in [0.3, 0.4) is 0 Å². The van der Waals surface area contributed by atoms with Crippen LogP contribution in [-0.4, -0.2) is 4.98 Å². The summed E-state index contributed by atoms with van der Waals surface area (Å²) in [6.45, 7) is 0. The number of rotatable bonds is 2. The van der Waals surface area contributed by atoms with Crippen LogP contribution in [0.15, 0.2) is 35.1 Å². The van der Waals surface area contributed by atoms with Gasteiger partial charge in [-0.05, 0) is 50.7 Å². The van der Waals surface area contributed by atoms with E-state index in [4.69, 9.17) is 10.5 Å². The molecule has 0 aliphatic heterocycles. The summed E-state index contributed by atoms with van der Waals surface area (Å²) in [5, 5.41) is 0. The normalized spacial score (nSPS) is 10.3. The standard InChI is InChI=1S/C11H7BrFIN2O/c12-6-1-7(5-16-4-6)17-11-2-8(13)9(14)3-10(11)15/h1-5H,15H2. The van der Waals surface area contributed by atoms with E-state index in [0.717, 1.165) is 4.47 Å². The molecule has 0 aliphatic carbocycles. The predicted octanol–water partition coefficient (Wildman–Crippen LogP) is 3.96. The van der Waals surface area contributed by atoms with E-state index in [1.54, 1.807) is 12.3 Å². The summed E-state index contributed by atoms with van der Waals surface area (Å²) in [7, 11) is 0. The van der Waals surface area contributed by atoms with Crippen LogP contribution in [0.4, 0.5) is 10.1 Å². The highest BCUT2D eigenvalue weighted by Crippen LogP contribution is 2.31. The molecule has 0 spiro atoms. The molecule has 0 aliphatic rings. The van der Waals surface area contributed by atoms with Crippen molar-refractivity contribution in [2.75, 3.05) is 5.73 Å². The number of aromatic nitrogens is 1. The van der Waals surface area contributed by atoms with Gasteiger partial charge in [-0.1, -0.05) is 0 Å². The van der Waals surface area contributed by atoms with Gasteiger partial charge in [0.2, 0.25) is 0 Å². The zero-order valence-corrected chi connectivity index (χ0v) is 12.2. The van der Waals surface area contributed by atoms with E-state index in [2.05, 4.69) is 20.9 Å². The van der Waals surface area contributed by atoms with Gasteiger partial charge in [-0.15, -0.1) is 0 Å². The second-order valence-corrected chi connectivity index (χ2v) is 5.32. The van der Waals surface area contributed by atoms with Crippen molar-refractivity contribution in [2.45, 2.75) is 0 Å². The Morgan fingerprint density at radius 3 is 2.76 bits per heavy atom. The first-order valence-electron chi connectivity index (χ1n) is 4.59. The molecule has 1 heterocycles. The molecule has 6 heteroatoms. The zero-order chi connectivity index (χ0) is 12.4. The van der Waals surface area contributed by atoms with Gasteiger partial charge in [0.25, 0.3) is 0 Å². The number of anilines is 1. The maximum absolute atomic E-state index is 13.4. The topological polar surface area (TPSA) is 48.1 Å². The van der Waals surface area contributed by atoms with Crippen molar-refractivity contribution < 1.29 is 9.13 Å². The lowest BCUT2D eigenvalue weighted by molar-refractivity contribution is 0.476. The number of pyridine rings is 1. The number of hydrogen-bond acceptors (Lipinski definition) is 3. The first kappa shape index (κ1) is 12.6. The average Bonchev–Trinajstić information content (AvgIpc) is 2.26. The molecule has 0 fully saturated rings. The fourth-order valence-corrected chi connectivity index (χ4v) is 2.04. The van der Waals surface area contributed by atoms with Crippen molar-refractivity contribution in [1.82, 2.24) is 4.98 Å². The Hall–Kier alpha value is -0.890. The van der Waals surface area contributed by atoms with Gasteiger partial charge in [0.05, 0.1) is 15.5 Å². The monoisotopic (exact) mass is 408 g/mol. The molecule has 0 bridgehead atoms. The second-order valence-electron chi connectivity index (χ2n) is 3.25. The minimum absolute atomic E-state index is 0.280. The third-order valence-electron chi connectivity index (χ3n) is 1.96. The summed E-state index contributed by atoms with van der Waals surface area (Å²) < 4.78 is 20.1. The second kappa shape index (κ2) is 5.18. The molecule has 2 aromatic rings. The number of halogens is 3. The SMILES string of the molecule is Nc1cc(I)c(F)cc1Oc1cncc(Br)c1. The molecular formula is C11H7BrFIN2O. The molecule has 0 radical (unpaired) electrons. The summed E-state index contributed by atoms with van der Waals surface area (Å²) in [5.41, 5.74) is 6.13. The van der Waals surface area contributed by atoms with Gasteiger partial charge in [0.1, 0.15) is 11.6 Å². The van der Waals surface area contributed by atoms with Gasteiger partial charge in [0.15, 0.2) is 5.75 Å². The smallest absolute Gasteiger partial charge is 0.153 e. The minimum Gasteiger partial charge on any atom is -0.453 e. The van der Waals surface area contributed by atoms with Crippen LogP contribution in [-0.2, 0) is 0 Å². The number of hydrogen-bond donors (Lipinski definition) is 1. The highest BCUT2D eigenvalue weighted by atomic mass is 127. The molecule has 0 amide bonds. The van der Waals surface area contributed by atoms with Crippen LogP contribution in [0.1, 0.15) is 0 Å². The van der Waals surface area contributed by atoms with Crippen molar-refractivity contribution in [1.29, 1.82) is 0 Å². The lowest BCUT2D eigenvalue weighted by atomic mass is 10.3. The van der Waals surface area contributed by atoms with Crippen molar-refractivity contribution in [3.63, 3.8) is 0 Å². The van der Waals surface area contributed by atoms with Gasteiger partial charge < -0.3 is 10.5 Å². The first-order chi connectivity index (χ1) is 8.06. The summed E-state index contributed by atoms with van der Waals surface area (Å²) in [6.07, 6.45) is 3.16. The molecule has 3 nitrogen and oxygen atoms in total. The lowest BCUT2D eigenvalue weighted by Gasteiger charge is -2.09. The van der Waals surface area contributed by atoms with E-state index >= 15 is 0 Å². The van der Waals surface area contributed by atoms with Gasteiger partial charge in [-0.3, -0.25) is 4.98 Å². The largest absolute Gasteiger partial charge is 0.453 e. The number of benzene rings is 1. The number of ether oxygens (including phenoxy) is 1. The van der Waals surface area contributed by atoms with E-state index in [-0.39, 0.29) is 11.6 Å². The Bertz CT molecular complexity index is 565. The first-order valence-corrected chi connectivity index (χ1v) is 6.46. The van der Waals surface area contributed by atoms with Crippen LogP contribution in [0, 0.1) is 9.39 Å². The van der Waals surface area contributed by atoms with Crippen molar-refractivity contribution in [2.24, 2.45) is 0 Å². The van der Waals surface area contributed by atoms with Crippen molar-refractivity contribution in [3.8, 4) is 11.5 Å². The highest BCUT2D eigenvalue weighted by molar-refractivity contribution is 14.1. The van der Waals surface area contributed by atoms with Gasteiger partial charge in [-0.2, -0.15) is 0 Å². The Balaban J connectivity index is 2.33. The molecule has 1 aromatic carbocycles. The minimum atomic E-state index is -0.363. The van der Waals surface area contributed by atoms with E-state index < -0.39 is 0 Å². The molecule has 0 unspecified atom stereocenters. The predicted molar refractivity (Wildman–Crippen MR) is 75.5 cm³/mol. The maximum Gasteiger partial charge on any atom is 0.153 e. The Kier molecular flexibility index (Phi) is 3.82. The maximum atomic E-state index is 13.4. The van der Waals surface area contributed by atoms with Crippen molar-refractivity contribution in [3.05, 3.63) is 44.5 Å². The van der Waals surface area contributed by atoms with Gasteiger partial charge >= 0.3 is 0 Å². The van der Waals surface area contributed by atoms with Crippen LogP contribution in [0.25, 0.3) is 0 Å². The number of nitrogen functional groups attached to an aromatic ring is 1. The molecular weight excluding hydrogens is 402 g/mol. The Morgan fingerprint density at radius 2 is 2.06 bits per heavy atom. The Labute approximate surface area is 119 Å². The third kappa shape index (κ3) is 3.06. The fraction of sp³-hybridized carbons (Fsp3) is 0. The molecule has 17 heavy (non-hydrogen) atoms. The molecule has 2 rings (SSSR count). The van der Waals surface area contributed by atoms with Gasteiger partial charge in [0, 0.05) is 16.7 Å². The van der Waals surface area contributed by atoms with E-state index in [1.807, 2.05) is 22.6 Å². The molecule has 0 saturated heterocycles.